The molecule has 0 spiro atoms. The first-order valence-electron chi connectivity index (χ1n) is 14.0. The summed E-state index contributed by atoms with van der Waals surface area (Å²) < 4.78 is 41.5. The van der Waals surface area contributed by atoms with E-state index >= 15 is 4.39 Å². The Morgan fingerprint density at radius 3 is 2.53 bits per heavy atom. The van der Waals surface area contributed by atoms with Gasteiger partial charge in [0, 0.05) is 56.8 Å². The molecule has 0 saturated carbocycles. The molecule has 0 aliphatic carbocycles. The van der Waals surface area contributed by atoms with E-state index in [-0.39, 0.29) is 47.6 Å². The van der Waals surface area contributed by atoms with Gasteiger partial charge in [0.1, 0.15) is 23.7 Å². The molecule has 2 aliphatic rings. The number of aromatic nitrogens is 2. The summed E-state index contributed by atoms with van der Waals surface area (Å²) in [5, 5.41) is 12.4. The summed E-state index contributed by atoms with van der Waals surface area (Å²) in [4.78, 5) is 26.7. The summed E-state index contributed by atoms with van der Waals surface area (Å²) in [5.74, 6) is -2.08. The fraction of sp³-hybridized carbons (Fsp3) is 0.323. The molecule has 6 rings (SSSR count). The SMILES string of the molecule is C=C(F)C(=O)N1CCN(c2nc(OCCN3CCOCC3)nc3c(F)c(-c4cc(O)cc5ccccc45)c(Cl)cc23)CC1. The van der Waals surface area contributed by atoms with E-state index in [4.69, 9.17) is 21.1 Å². The predicted molar refractivity (Wildman–Crippen MR) is 161 cm³/mol. The highest BCUT2D eigenvalue weighted by molar-refractivity contribution is 6.35. The summed E-state index contributed by atoms with van der Waals surface area (Å²) >= 11 is 6.77. The van der Waals surface area contributed by atoms with Crippen LogP contribution >= 0.6 is 11.6 Å². The number of hydrogen-bond donors (Lipinski definition) is 1. The quantitative estimate of drug-likeness (QED) is 0.299. The molecule has 0 radical (unpaired) electrons. The van der Waals surface area contributed by atoms with Crippen molar-refractivity contribution in [2.24, 2.45) is 0 Å². The van der Waals surface area contributed by atoms with Crippen LogP contribution in [0, 0.1) is 5.82 Å². The van der Waals surface area contributed by atoms with Gasteiger partial charge in [-0.15, -0.1) is 0 Å². The molecule has 1 N–H and O–H groups in total. The normalized spacial score (nSPS) is 16.2. The smallest absolute Gasteiger partial charge is 0.319 e. The Morgan fingerprint density at radius 2 is 1.79 bits per heavy atom. The van der Waals surface area contributed by atoms with Gasteiger partial charge >= 0.3 is 6.01 Å². The number of anilines is 1. The number of piperazine rings is 1. The van der Waals surface area contributed by atoms with Gasteiger partial charge in [-0.1, -0.05) is 42.4 Å². The van der Waals surface area contributed by atoms with Crippen LogP contribution in [0.25, 0.3) is 32.8 Å². The van der Waals surface area contributed by atoms with Crippen LogP contribution in [0.2, 0.25) is 5.02 Å². The molecule has 1 aromatic heterocycles. The van der Waals surface area contributed by atoms with Crippen LogP contribution < -0.4 is 9.64 Å². The van der Waals surface area contributed by atoms with Gasteiger partial charge < -0.3 is 24.4 Å². The first-order chi connectivity index (χ1) is 20.8. The molecule has 2 saturated heterocycles. The summed E-state index contributed by atoms with van der Waals surface area (Å²) in [7, 11) is 0. The van der Waals surface area contributed by atoms with Gasteiger partial charge in [-0.25, -0.2) is 8.78 Å². The number of phenols is 1. The summed E-state index contributed by atoms with van der Waals surface area (Å²) in [6.45, 7) is 7.98. The van der Waals surface area contributed by atoms with E-state index < -0.39 is 17.6 Å². The van der Waals surface area contributed by atoms with Gasteiger partial charge in [0.2, 0.25) is 0 Å². The van der Waals surface area contributed by atoms with Crippen LogP contribution in [-0.4, -0.2) is 96.4 Å². The van der Waals surface area contributed by atoms with Gasteiger partial charge in [-0.2, -0.15) is 9.97 Å². The number of amides is 1. The van der Waals surface area contributed by atoms with Crippen molar-refractivity contribution in [2.45, 2.75) is 0 Å². The molecular weight excluding hydrogens is 580 g/mol. The third kappa shape index (κ3) is 5.93. The summed E-state index contributed by atoms with van der Waals surface area (Å²) in [6.07, 6.45) is 0. The maximum atomic E-state index is 16.6. The molecule has 0 bridgehead atoms. The lowest BCUT2D eigenvalue weighted by Crippen LogP contribution is -2.49. The maximum Gasteiger partial charge on any atom is 0.319 e. The van der Waals surface area contributed by atoms with Crippen molar-refractivity contribution >= 4 is 45.0 Å². The number of phenolic OH excluding ortho intramolecular Hbond substituents is 1. The minimum atomic E-state index is -1.02. The number of hydrogen-bond acceptors (Lipinski definition) is 8. The van der Waals surface area contributed by atoms with Crippen LogP contribution in [0.4, 0.5) is 14.6 Å². The van der Waals surface area contributed by atoms with Crippen LogP contribution in [0.15, 0.2) is 54.9 Å². The fourth-order valence-corrected chi connectivity index (χ4v) is 5.89. The minimum absolute atomic E-state index is 0.000610. The standard InChI is InChI=1S/C31H30ClF2N5O4/c1-19(33)30(41)39-8-6-38(7-9-39)29-24-18-25(32)26(23-17-21(40)16-20-4-2-3-5-22(20)23)27(34)28(24)35-31(36-29)43-15-12-37-10-13-42-14-11-37/h2-5,16-18,40H,1,6-15H2. The molecule has 3 aromatic carbocycles. The van der Waals surface area contributed by atoms with Gasteiger partial charge in [0.05, 0.1) is 18.2 Å². The Labute approximate surface area is 251 Å². The molecular formula is C31H30ClF2N5O4. The lowest BCUT2D eigenvalue weighted by atomic mass is 9.96. The lowest BCUT2D eigenvalue weighted by Gasteiger charge is -2.35. The van der Waals surface area contributed by atoms with Crippen LogP contribution in [-0.2, 0) is 9.53 Å². The highest BCUT2D eigenvalue weighted by atomic mass is 35.5. The average molecular weight is 610 g/mol. The zero-order chi connectivity index (χ0) is 30.1. The second-order valence-corrected chi connectivity index (χ2v) is 10.9. The van der Waals surface area contributed by atoms with E-state index in [1.54, 1.807) is 12.1 Å². The van der Waals surface area contributed by atoms with Crippen molar-refractivity contribution in [3.05, 3.63) is 65.7 Å². The van der Waals surface area contributed by atoms with E-state index in [0.29, 0.717) is 55.0 Å². The van der Waals surface area contributed by atoms with Gasteiger partial charge in [-0.3, -0.25) is 9.69 Å². The monoisotopic (exact) mass is 609 g/mol. The van der Waals surface area contributed by atoms with E-state index in [9.17, 15) is 14.3 Å². The number of fused-ring (bicyclic) bond motifs is 2. The van der Waals surface area contributed by atoms with E-state index in [2.05, 4.69) is 21.4 Å². The second-order valence-electron chi connectivity index (χ2n) is 10.5. The summed E-state index contributed by atoms with van der Waals surface area (Å²) in [5.41, 5.74) is 0.532. The molecule has 1 amide bonds. The predicted octanol–water partition coefficient (Wildman–Crippen LogP) is 4.79. The number of carbonyl (C=O) groups is 1. The first kappa shape index (κ1) is 29.0. The molecule has 43 heavy (non-hydrogen) atoms. The number of nitrogens with zero attached hydrogens (tertiary/aromatic N) is 5. The topological polar surface area (TPSA) is 91.3 Å². The van der Waals surface area contributed by atoms with Gasteiger partial charge in [-0.05, 0) is 34.5 Å². The molecule has 3 heterocycles. The van der Waals surface area contributed by atoms with Crippen molar-refractivity contribution in [1.82, 2.24) is 19.8 Å². The Kier molecular flexibility index (Phi) is 8.29. The van der Waals surface area contributed by atoms with E-state index in [0.717, 1.165) is 18.5 Å². The van der Waals surface area contributed by atoms with Crippen molar-refractivity contribution < 1.29 is 28.2 Å². The molecule has 0 unspecified atom stereocenters. The number of rotatable bonds is 7. The number of benzene rings is 3. The number of aromatic hydroxyl groups is 1. The van der Waals surface area contributed by atoms with Crippen LogP contribution in [0.1, 0.15) is 0 Å². The number of morpholine rings is 1. The third-order valence-electron chi connectivity index (χ3n) is 7.80. The molecule has 2 aliphatic heterocycles. The van der Waals surface area contributed by atoms with Crippen molar-refractivity contribution in [1.29, 1.82) is 0 Å². The maximum absolute atomic E-state index is 16.6. The zero-order valence-electron chi connectivity index (χ0n) is 23.4. The average Bonchev–Trinajstić information content (AvgIpc) is 3.01. The second kappa shape index (κ2) is 12.3. The van der Waals surface area contributed by atoms with Gasteiger partial charge in [0.15, 0.2) is 11.6 Å². The van der Waals surface area contributed by atoms with Gasteiger partial charge in [0.25, 0.3) is 5.91 Å². The van der Waals surface area contributed by atoms with Crippen molar-refractivity contribution in [3.8, 4) is 22.9 Å². The van der Waals surface area contributed by atoms with E-state index in [1.807, 2.05) is 29.2 Å². The fourth-order valence-electron chi connectivity index (χ4n) is 5.60. The van der Waals surface area contributed by atoms with Crippen LogP contribution in [0.3, 0.4) is 0 Å². The number of carbonyl (C=O) groups excluding carboxylic acids is 1. The third-order valence-corrected chi connectivity index (χ3v) is 8.10. The molecule has 2 fully saturated rings. The largest absolute Gasteiger partial charge is 0.508 e. The molecule has 0 atom stereocenters. The Hall–Kier alpha value is -4.06. The number of ether oxygens (including phenoxy) is 2. The Morgan fingerprint density at radius 1 is 1.05 bits per heavy atom. The lowest BCUT2D eigenvalue weighted by molar-refractivity contribution is -0.128. The van der Waals surface area contributed by atoms with E-state index in [1.165, 1.54) is 11.0 Å². The molecule has 4 aromatic rings. The van der Waals surface area contributed by atoms with Crippen LogP contribution in [0.5, 0.6) is 11.8 Å². The zero-order valence-corrected chi connectivity index (χ0v) is 24.1. The Bertz CT molecular complexity index is 1710. The van der Waals surface area contributed by atoms with Crippen molar-refractivity contribution in [2.75, 3.05) is 70.5 Å². The highest BCUT2D eigenvalue weighted by Gasteiger charge is 2.28. The molecule has 224 valence electrons. The van der Waals surface area contributed by atoms with Crippen molar-refractivity contribution in [3.63, 3.8) is 0 Å². The summed E-state index contributed by atoms with van der Waals surface area (Å²) in [6, 6.07) is 12.0. The minimum Gasteiger partial charge on any atom is -0.508 e. The highest BCUT2D eigenvalue weighted by Crippen LogP contribution is 2.42. The number of halogens is 3. The first-order valence-corrected chi connectivity index (χ1v) is 14.4. The Balaban J connectivity index is 1.41. The molecule has 9 nitrogen and oxygen atoms in total. The molecule has 12 heteroatoms.